The van der Waals surface area contributed by atoms with Crippen LogP contribution in [0.1, 0.15) is 64.1 Å². The van der Waals surface area contributed by atoms with Crippen LogP contribution in [0.25, 0.3) is 0 Å². The van der Waals surface area contributed by atoms with Crippen LogP contribution in [0.4, 0.5) is 0 Å². The van der Waals surface area contributed by atoms with E-state index in [1.54, 1.807) is 4.90 Å². The van der Waals surface area contributed by atoms with E-state index < -0.39 is 0 Å². The van der Waals surface area contributed by atoms with Gasteiger partial charge < -0.3 is 14.4 Å². The molecule has 1 aromatic carbocycles. The number of carbonyl (C=O) groups is 2. The van der Waals surface area contributed by atoms with E-state index in [0.717, 1.165) is 24.1 Å². The van der Waals surface area contributed by atoms with Gasteiger partial charge in [-0.2, -0.15) is 0 Å². The second-order valence-corrected chi connectivity index (χ2v) is 8.76. The fraction of sp³-hybridized carbons (Fsp3) is 0.538. The van der Waals surface area contributed by atoms with Gasteiger partial charge in [0.1, 0.15) is 0 Å². The Morgan fingerprint density at radius 3 is 2.26 bits per heavy atom. The highest BCUT2D eigenvalue weighted by Gasteiger charge is 2.28. The van der Waals surface area contributed by atoms with Crippen molar-refractivity contribution in [3.8, 4) is 0 Å². The molecule has 1 aromatic heterocycles. The van der Waals surface area contributed by atoms with Crippen LogP contribution in [0.2, 0.25) is 0 Å². The zero-order valence-corrected chi connectivity index (χ0v) is 19.9. The first-order chi connectivity index (χ1) is 14.9. The van der Waals surface area contributed by atoms with E-state index in [2.05, 4.69) is 20.8 Å². The molecule has 0 spiro atoms. The fourth-order valence-corrected chi connectivity index (χ4v) is 3.89. The molecule has 0 bridgehead atoms. The monoisotopic (exact) mass is 425 g/mol. The quantitative estimate of drug-likeness (QED) is 0.489. The Morgan fingerprint density at radius 1 is 1.00 bits per heavy atom. The summed E-state index contributed by atoms with van der Waals surface area (Å²) in [6.45, 7) is 10.3. The number of carbonyl (C=O) groups excluding carboxylic acids is 2. The average molecular weight is 426 g/mol. The van der Waals surface area contributed by atoms with Gasteiger partial charge in [0.25, 0.3) is 0 Å². The average Bonchev–Trinajstić information content (AvgIpc) is 3.15. The van der Waals surface area contributed by atoms with Crippen molar-refractivity contribution in [2.24, 2.45) is 13.0 Å². The largest absolute Gasteiger partial charge is 0.353 e. The van der Waals surface area contributed by atoms with Crippen molar-refractivity contribution in [3.05, 3.63) is 59.9 Å². The molecule has 0 fully saturated rings. The van der Waals surface area contributed by atoms with E-state index in [4.69, 9.17) is 0 Å². The molecule has 1 heterocycles. The highest BCUT2D eigenvalue weighted by Crippen LogP contribution is 2.23. The van der Waals surface area contributed by atoms with Crippen LogP contribution in [0.15, 0.2) is 48.7 Å². The lowest BCUT2D eigenvalue weighted by atomic mass is 9.94. The number of hydrogen-bond donors (Lipinski definition) is 0. The number of nitrogens with zero attached hydrogens (tertiary/aromatic N) is 3. The molecule has 0 aliphatic carbocycles. The smallest absolute Gasteiger partial charge is 0.242 e. The van der Waals surface area contributed by atoms with Crippen LogP contribution in [-0.2, 0) is 23.2 Å². The van der Waals surface area contributed by atoms with Gasteiger partial charge in [0, 0.05) is 32.0 Å². The number of aryl methyl sites for hydroxylation is 1. The van der Waals surface area contributed by atoms with Crippen LogP contribution < -0.4 is 0 Å². The maximum Gasteiger partial charge on any atom is 0.242 e. The summed E-state index contributed by atoms with van der Waals surface area (Å²) in [5.41, 5.74) is 2.12. The normalized spacial score (nSPS) is 12.1. The van der Waals surface area contributed by atoms with Crippen LogP contribution in [-0.4, -0.2) is 45.8 Å². The summed E-state index contributed by atoms with van der Waals surface area (Å²) < 4.78 is 2.05. The van der Waals surface area contributed by atoms with E-state index in [1.807, 2.05) is 72.1 Å². The summed E-state index contributed by atoms with van der Waals surface area (Å²) in [5.74, 6) is 0.142. The van der Waals surface area contributed by atoms with Crippen LogP contribution >= 0.6 is 0 Å². The Hall–Kier alpha value is -2.56. The number of benzene rings is 1. The van der Waals surface area contributed by atoms with Crippen LogP contribution in [0.3, 0.4) is 0 Å². The van der Waals surface area contributed by atoms with Gasteiger partial charge in [0.2, 0.25) is 11.8 Å². The third-order valence-corrected chi connectivity index (χ3v) is 5.67. The molecule has 0 unspecified atom stereocenters. The second-order valence-electron chi connectivity index (χ2n) is 8.76. The number of amides is 2. The summed E-state index contributed by atoms with van der Waals surface area (Å²) in [5, 5.41) is 0. The molecule has 2 aromatic rings. The van der Waals surface area contributed by atoms with Crippen molar-refractivity contribution in [1.82, 2.24) is 14.4 Å². The summed E-state index contributed by atoms with van der Waals surface area (Å²) in [6, 6.07) is 14.0. The van der Waals surface area contributed by atoms with Crippen molar-refractivity contribution in [1.29, 1.82) is 0 Å². The first kappa shape index (κ1) is 24.7. The molecule has 2 amide bonds. The van der Waals surface area contributed by atoms with E-state index in [0.29, 0.717) is 32.0 Å². The molecule has 31 heavy (non-hydrogen) atoms. The zero-order chi connectivity index (χ0) is 22.8. The number of rotatable bonds is 12. The summed E-state index contributed by atoms with van der Waals surface area (Å²) in [4.78, 5) is 30.5. The molecule has 0 saturated heterocycles. The standard InChI is InChI=1S/C26H39N3O2/c1-6-8-17-28(19-23-15-12-16-27(23)5)25(30)20-29(18-21(3)4)26(31)24(7-2)22-13-10-9-11-14-22/h9-16,21,24H,6-8,17-20H2,1-5H3/t24-/m1/s1. The van der Waals surface area contributed by atoms with Crippen LogP contribution in [0, 0.1) is 5.92 Å². The van der Waals surface area contributed by atoms with Gasteiger partial charge >= 0.3 is 0 Å². The highest BCUT2D eigenvalue weighted by molar-refractivity contribution is 5.88. The molecule has 170 valence electrons. The van der Waals surface area contributed by atoms with Crippen LogP contribution in [0.5, 0.6) is 0 Å². The molecule has 5 nitrogen and oxygen atoms in total. The third kappa shape index (κ3) is 7.27. The number of unbranched alkanes of at least 4 members (excludes halogenated alkanes) is 1. The SMILES string of the molecule is CCCCN(Cc1cccn1C)C(=O)CN(CC(C)C)C(=O)[C@H](CC)c1ccccc1. The molecule has 0 N–H and O–H groups in total. The van der Waals surface area contributed by atoms with E-state index in [1.165, 1.54) is 0 Å². The first-order valence-electron chi connectivity index (χ1n) is 11.6. The predicted molar refractivity (Wildman–Crippen MR) is 127 cm³/mol. The summed E-state index contributed by atoms with van der Waals surface area (Å²) >= 11 is 0. The molecular formula is C26H39N3O2. The van der Waals surface area contributed by atoms with Gasteiger partial charge in [-0.15, -0.1) is 0 Å². The second kappa shape index (κ2) is 12.3. The predicted octanol–water partition coefficient (Wildman–Crippen LogP) is 4.83. The van der Waals surface area contributed by atoms with E-state index in [9.17, 15) is 9.59 Å². The number of hydrogen-bond acceptors (Lipinski definition) is 2. The molecule has 0 saturated carbocycles. The van der Waals surface area contributed by atoms with E-state index in [-0.39, 0.29) is 24.3 Å². The highest BCUT2D eigenvalue weighted by atomic mass is 16.2. The minimum Gasteiger partial charge on any atom is -0.353 e. The maximum absolute atomic E-state index is 13.5. The molecule has 0 aliphatic heterocycles. The Kier molecular flexibility index (Phi) is 9.83. The minimum absolute atomic E-state index is 0.0200. The maximum atomic E-state index is 13.5. The Morgan fingerprint density at radius 2 is 1.71 bits per heavy atom. The third-order valence-electron chi connectivity index (χ3n) is 5.67. The number of aromatic nitrogens is 1. The van der Waals surface area contributed by atoms with Crippen molar-refractivity contribution >= 4 is 11.8 Å². The Balaban J connectivity index is 2.20. The lowest BCUT2D eigenvalue weighted by Crippen LogP contribution is -2.46. The Labute approximate surface area is 188 Å². The van der Waals surface area contributed by atoms with Crippen molar-refractivity contribution in [2.45, 2.75) is 59.4 Å². The van der Waals surface area contributed by atoms with Gasteiger partial charge in [-0.05, 0) is 36.5 Å². The van der Waals surface area contributed by atoms with Gasteiger partial charge in [-0.1, -0.05) is 64.4 Å². The molecule has 5 heteroatoms. The van der Waals surface area contributed by atoms with Crippen molar-refractivity contribution in [3.63, 3.8) is 0 Å². The summed E-state index contributed by atoms with van der Waals surface area (Å²) in [7, 11) is 2.00. The van der Waals surface area contributed by atoms with Crippen molar-refractivity contribution in [2.75, 3.05) is 19.6 Å². The minimum atomic E-state index is -0.218. The molecule has 1 atom stereocenters. The van der Waals surface area contributed by atoms with Gasteiger partial charge in [0.15, 0.2) is 0 Å². The van der Waals surface area contributed by atoms with Gasteiger partial charge in [-0.25, -0.2) is 0 Å². The van der Waals surface area contributed by atoms with Gasteiger partial charge in [0.05, 0.1) is 19.0 Å². The molecular weight excluding hydrogens is 386 g/mol. The molecule has 0 aliphatic rings. The first-order valence-corrected chi connectivity index (χ1v) is 11.6. The van der Waals surface area contributed by atoms with E-state index >= 15 is 0 Å². The topological polar surface area (TPSA) is 45.6 Å². The molecule has 0 radical (unpaired) electrons. The summed E-state index contributed by atoms with van der Waals surface area (Å²) in [6.07, 6.45) is 4.69. The zero-order valence-electron chi connectivity index (χ0n) is 19.9. The lowest BCUT2D eigenvalue weighted by Gasteiger charge is -2.31. The van der Waals surface area contributed by atoms with Crippen molar-refractivity contribution < 1.29 is 9.59 Å². The van der Waals surface area contributed by atoms with Gasteiger partial charge in [-0.3, -0.25) is 9.59 Å². The fourth-order valence-electron chi connectivity index (χ4n) is 3.89. The lowest BCUT2D eigenvalue weighted by molar-refractivity contribution is -0.142. The Bertz CT molecular complexity index is 813. The molecule has 2 rings (SSSR count).